The molecule has 2 aromatic rings. The monoisotopic (exact) mass is 315 g/mol. The summed E-state index contributed by atoms with van der Waals surface area (Å²) in [4.78, 5) is 21.1. The highest BCUT2D eigenvalue weighted by atomic mass is 16.6. The molecule has 0 fully saturated rings. The minimum atomic E-state index is -0.457. The first-order chi connectivity index (χ1) is 11.0. The molecule has 2 aromatic carbocycles. The fraction of sp³-hybridized carbons (Fsp3) is 0.235. The van der Waals surface area contributed by atoms with Gasteiger partial charge >= 0.3 is 0 Å². The van der Waals surface area contributed by atoms with E-state index in [0.717, 1.165) is 6.29 Å². The second-order valence-electron chi connectivity index (χ2n) is 5.19. The van der Waals surface area contributed by atoms with Gasteiger partial charge in [0.05, 0.1) is 11.0 Å². The number of nitro benzene ring substituents is 1. The molecule has 2 rings (SSSR count). The molecule has 0 unspecified atom stereocenters. The Morgan fingerprint density at radius 2 is 1.87 bits per heavy atom. The number of nitrogens with zero attached hydrogens (tertiary/aromatic N) is 1. The van der Waals surface area contributed by atoms with E-state index in [4.69, 9.17) is 9.47 Å². The molecule has 0 aliphatic carbocycles. The first kappa shape index (κ1) is 16.5. The van der Waals surface area contributed by atoms with Crippen LogP contribution in [0, 0.1) is 10.1 Å². The van der Waals surface area contributed by atoms with Gasteiger partial charge in [-0.25, -0.2) is 0 Å². The molecule has 0 aromatic heterocycles. The summed E-state index contributed by atoms with van der Waals surface area (Å²) >= 11 is 0. The van der Waals surface area contributed by atoms with Gasteiger partial charge in [0.15, 0.2) is 0 Å². The zero-order valence-electron chi connectivity index (χ0n) is 12.9. The van der Waals surface area contributed by atoms with Crippen molar-refractivity contribution in [3.05, 3.63) is 63.7 Å². The third-order valence-electron chi connectivity index (χ3n) is 3.03. The van der Waals surface area contributed by atoms with E-state index in [1.54, 1.807) is 30.3 Å². The van der Waals surface area contributed by atoms with Crippen LogP contribution in [0.5, 0.6) is 11.5 Å². The van der Waals surface area contributed by atoms with Crippen molar-refractivity contribution in [2.24, 2.45) is 0 Å². The Labute approximate surface area is 133 Å². The van der Waals surface area contributed by atoms with Crippen molar-refractivity contribution >= 4 is 12.0 Å². The molecular weight excluding hydrogens is 298 g/mol. The van der Waals surface area contributed by atoms with Gasteiger partial charge < -0.3 is 9.47 Å². The lowest BCUT2D eigenvalue weighted by Crippen LogP contribution is -2.09. The van der Waals surface area contributed by atoms with E-state index >= 15 is 0 Å². The molecule has 0 bridgehead atoms. The molecule has 0 atom stereocenters. The van der Waals surface area contributed by atoms with Crippen molar-refractivity contribution in [2.45, 2.75) is 26.6 Å². The van der Waals surface area contributed by atoms with Crippen molar-refractivity contribution < 1.29 is 19.2 Å². The molecule has 0 saturated heterocycles. The van der Waals surface area contributed by atoms with Crippen LogP contribution in [0.2, 0.25) is 0 Å². The Morgan fingerprint density at radius 1 is 1.17 bits per heavy atom. The van der Waals surface area contributed by atoms with Crippen LogP contribution >= 0.6 is 0 Å². The van der Waals surface area contributed by atoms with Gasteiger partial charge in [0.2, 0.25) is 0 Å². The maximum atomic E-state index is 10.9. The van der Waals surface area contributed by atoms with E-state index < -0.39 is 4.92 Å². The third-order valence-corrected chi connectivity index (χ3v) is 3.03. The van der Waals surface area contributed by atoms with E-state index in [0.29, 0.717) is 22.6 Å². The number of rotatable bonds is 7. The summed E-state index contributed by atoms with van der Waals surface area (Å²) in [5.74, 6) is 1.12. The first-order valence-electron chi connectivity index (χ1n) is 7.11. The van der Waals surface area contributed by atoms with Crippen LogP contribution < -0.4 is 9.47 Å². The maximum absolute atomic E-state index is 10.9. The lowest BCUT2D eigenvalue weighted by Gasteiger charge is -2.14. The Balaban J connectivity index is 2.19. The van der Waals surface area contributed by atoms with E-state index in [1.165, 1.54) is 12.1 Å². The van der Waals surface area contributed by atoms with Crippen molar-refractivity contribution in [1.29, 1.82) is 0 Å². The average Bonchev–Trinajstić information content (AvgIpc) is 2.53. The smallest absolute Gasteiger partial charge is 0.270 e. The number of benzene rings is 2. The molecule has 0 heterocycles. The second-order valence-corrected chi connectivity index (χ2v) is 5.19. The van der Waals surface area contributed by atoms with Crippen LogP contribution in [-0.2, 0) is 6.61 Å². The number of ether oxygens (including phenoxy) is 2. The van der Waals surface area contributed by atoms with Crippen LogP contribution in [0.15, 0.2) is 42.5 Å². The van der Waals surface area contributed by atoms with Gasteiger partial charge in [-0.3, -0.25) is 14.9 Å². The fourth-order valence-electron chi connectivity index (χ4n) is 1.96. The van der Waals surface area contributed by atoms with Crippen LogP contribution in [0.25, 0.3) is 0 Å². The van der Waals surface area contributed by atoms with Crippen LogP contribution in [0.4, 0.5) is 5.69 Å². The van der Waals surface area contributed by atoms with Gasteiger partial charge in [-0.05, 0) is 44.2 Å². The standard InChI is InChI=1S/C17H17NO5/c1-12(2)23-17-8-5-15(18(20)21)9-14(17)11-22-16-6-3-13(10-19)4-7-16/h3-10,12H,11H2,1-2H3. The van der Waals surface area contributed by atoms with Gasteiger partial charge in [0.1, 0.15) is 24.4 Å². The molecule has 0 radical (unpaired) electrons. The van der Waals surface area contributed by atoms with Crippen molar-refractivity contribution in [3.63, 3.8) is 0 Å². The number of aldehydes is 1. The topological polar surface area (TPSA) is 78.7 Å². The Hall–Kier alpha value is -2.89. The van der Waals surface area contributed by atoms with E-state index in [9.17, 15) is 14.9 Å². The predicted octanol–water partition coefficient (Wildman–Crippen LogP) is 3.77. The summed E-state index contributed by atoms with van der Waals surface area (Å²) in [6, 6.07) is 11.0. The maximum Gasteiger partial charge on any atom is 0.270 e. The fourth-order valence-corrected chi connectivity index (χ4v) is 1.96. The summed E-state index contributed by atoms with van der Waals surface area (Å²) < 4.78 is 11.3. The van der Waals surface area contributed by atoms with E-state index in [2.05, 4.69) is 0 Å². The Bertz CT molecular complexity index is 695. The molecule has 0 saturated carbocycles. The van der Waals surface area contributed by atoms with Crippen LogP contribution in [0.1, 0.15) is 29.8 Å². The quantitative estimate of drug-likeness (QED) is 0.441. The molecule has 6 nitrogen and oxygen atoms in total. The van der Waals surface area contributed by atoms with Crippen LogP contribution in [0.3, 0.4) is 0 Å². The molecule has 0 amide bonds. The first-order valence-corrected chi connectivity index (χ1v) is 7.11. The van der Waals surface area contributed by atoms with Crippen molar-refractivity contribution in [3.8, 4) is 11.5 Å². The minimum Gasteiger partial charge on any atom is -0.491 e. The van der Waals surface area contributed by atoms with Gasteiger partial charge in [-0.15, -0.1) is 0 Å². The normalized spacial score (nSPS) is 10.4. The molecule has 0 aliphatic rings. The predicted molar refractivity (Wildman–Crippen MR) is 85.0 cm³/mol. The second kappa shape index (κ2) is 7.40. The summed E-state index contributed by atoms with van der Waals surface area (Å²) in [5.41, 5.74) is 1.12. The van der Waals surface area contributed by atoms with E-state index in [-0.39, 0.29) is 18.4 Å². The highest BCUT2D eigenvalue weighted by Gasteiger charge is 2.13. The number of non-ortho nitro benzene ring substituents is 1. The lowest BCUT2D eigenvalue weighted by atomic mass is 10.2. The third kappa shape index (κ3) is 4.54. The highest BCUT2D eigenvalue weighted by molar-refractivity contribution is 5.74. The van der Waals surface area contributed by atoms with Gasteiger partial charge in [-0.2, -0.15) is 0 Å². The Kier molecular flexibility index (Phi) is 5.30. The SMILES string of the molecule is CC(C)Oc1ccc([N+](=O)[O-])cc1COc1ccc(C=O)cc1. The molecule has 0 N–H and O–H groups in total. The van der Waals surface area contributed by atoms with Crippen molar-refractivity contribution in [2.75, 3.05) is 0 Å². The van der Waals surface area contributed by atoms with Gasteiger partial charge in [0.25, 0.3) is 5.69 Å². The van der Waals surface area contributed by atoms with Gasteiger partial charge in [0, 0.05) is 23.3 Å². The number of hydrogen-bond acceptors (Lipinski definition) is 5. The zero-order valence-corrected chi connectivity index (χ0v) is 12.9. The molecule has 0 aliphatic heterocycles. The molecule has 0 spiro atoms. The number of carbonyl (C=O) groups is 1. The molecular formula is C17H17NO5. The molecule has 23 heavy (non-hydrogen) atoms. The number of hydrogen-bond donors (Lipinski definition) is 0. The summed E-state index contributed by atoms with van der Waals surface area (Å²) in [5, 5.41) is 10.9. The van der Waals surface area contributed by atoms with Crippen molar-refractivity contribution in [1.82, 2.24) is 0 Å². The highest BCUT2D eigenvalue weighted by Crippen LogP contribution is 2.26. The Morgan fingerprint density at radius 3 is 2.43 bits per heavy atom. The zero-order chi connectivity index (χ0) is 16.8. The minimum absolute atomic E-state index is 0.0176. The van der Waals surface area contributed by atoms with Gasteiger partial charge in [-0.1, -0.05) is 0 Å². The van der Waals surface area contributed by atoms with E-state index in [1.807, 2.05) is 13.8 Å². The van der Waals surface area contributed by atoms with Crippen LogP contribution in [-0.4, -0.2) is 17.3 Å². The average molecular weight is 315 g/mol. The summed E-state index contributed by atoms with van der Waals surface area (Å²) in [7, 11) is 0. The summed E-state index contributed by atoms with van der Waals surface area (Å²) in [6.45, 7) is 3.89. The number of carbonyl (C=O) groups excluding carboxylic acids is 1. The lowest BCUT2D eigenvalue weighted by molar-refractivity contribution is -0.385. The summed E-state index contributed by atoms with van der Waals surface area (Å²) in [6.07, 6.45) is 0.695. The molecule has 120 valence electrons. The largest absolute Gasteiger partial charge is 0.491 e. The number of nitro groups is 1. The molecule has 6 heteroatoms.